The third-order valence-electron chi connectivity index (χ3n) is 4.90. The Morgan fingerprint density at radius 1 is 1.14 bits per heavy atom. The highest BCUT2D eigenvalue weighted by atomic mass is 16.5. The lowest BCUT2D eigenvalue weighted by atomic mass is 9.91. The zero-order valence-electron chi connectivity index (χ0n) is 15.8. The van der Waals surface area contributed by atoms with E-state index in [4.69, 9.17) is 9.47 Å². The van der Waals surface area contributed by atoms with E-state index in [2.05, 4.69) is 26.4 Å². The number of hydrogen-bond acceptors (Lipinski definition) is 6. The molecule has 0 radical (unpaired) electrons. The number of anilines is 1. The van der Waals surface area contributed by atoms with E-state index < -0.39 is 0 Å². The molecule has 1 amide bonds. The van der Waals surface area contributed by atoms with E-state index >= 15 is 0 Å². The Bertz CT molecular complexity index is 987. The van der Waals surface area contributed by atoms with Crippen molar-refractivity contribution in [1.82, 2.24) is 19.7 Å². The molecule has 1 aliphatic rings. The molecule has 4 rings (SSSR count). The van der Waals surface area contributed by atoms with Crippen LogP contribution in [0.4, 0.5) is 5.95 Å². The molecule has 1 unspecified atom stereocenters. The van der Waals surface area contributed by atoms with Gasteiger partial charge in [-0.1, -0.05) is 6.07 Å². The number of methoxy groups -OCH3 is 2. The normalized spacial score (nSPS) is 15.6. The minimum absolute atomic E-state index is 0.248. The average Bonchev–Trinajstić information content (AvgIpc) is 3.15. The molecule has 1 N–H and O–H groups in total. The minimum atomic E-state index is -0.248. The van der Waals surface area contributed by atoms with Gasteiger partial charge in [-0.3, -0.25) is 15.1 Å². The van der Waals surface area contributed by atoms with E-state index in [0.29, 0.717) is 23.8 Å². The number of nitrogens with zero attached hydrogens (tertiary/aromatic N) is 4. The van der Waals surface area contributed by atoms with Crippen molar-refractivity contribution in [2.24, 2.45) is 0 Å². The van der Waals surface area contributed by atoms with Gasteiger partial charge in [0.15, 0.2) is 11.5 Å². The van der Waals surface area contributed by atoms with Crippen molar-refractivity contribution in [3.63, 3.8) is 0 Å². The lowest BCUT2D eigenvalue weighted by molar-refractivity contribution is 0.102. The summed E-state index contributed by atoms with van der Waals surface area (Å²) in [5, 5.41) is 7.23. The van der Waals surface area contributed by atoms with Crippen LogP contribution >= 0.6 is 0 Å². The standard InChI is InChI=1S/C20H21N5O3/c1-27-16-5-3-14(11-17(16)28-2)15-4-6-18-22-20(24-25(18)12-15)23-19(26)13-7-9-21-10-8-13/h3,5,7-11,15H,4,6,12H2,1-2H3,(H,23,24,26). The number of fused-ring (bicyclic) bond motifs is 1. The van der Waals surface area contributed by atoms with E-state index in [1.165, 1.54) is 5.56 Å². The fourth-order valence-corrected chi connectivity index (χ4v) is 3.42. The Morgan fingerprint density at radius 2 is 1.93 bits per heavy atom. The van der Waals surface area contributed by atoms with Gasteiger partial charge in [0.1, 0.15) is 5.82 Å². The highest BCUT2D eigenvalue weighted by molar-refractivity contribution is 6.03. The average molecular weight is 379 g/mol. The van der Waals surface area contributed by atoms with Crippen LogP contribution in [-0.4, -0.2) is 39.9 Å². The molecule has 8 nitrogen and oxygen atoms in total. The van der Waals surface area contributed by atoms with Gasteiger partial charge in [-0.05, 0) is 36.2 Å². The number of nitrogens with one attached hydrogen (secondary N) is 1. The van der Waals surface area contributed by atoms with Crippen LogP contribution in [0.25, 0.3) is 0 Å². The summed E-state index contributed by atoms with van der Waals surface area (Å²) in [6.07, 6.45) is 4.89. The smallest absolute Gasteiger partial charge is 0.258 e. The molecular formula is C20H21N5O3. The van der Waals surface area contributed by atoms with Crippen molar-refractivity contribution in [3.8, 4) is 11.5 Å². The third kappa shape index (κ3) is 3.53. The van der Waals surface area contributed by atoms with Gasteiger partial charge in [-0.2, -0.15) is 4.98 Å². The van der Waals surface area contributed by atoms with E-state index in [1.807, 2.05) is 16.8 Å². The van der Waals surface area contributed by atoms with Crippen molar-refractivity contribution < 1.29 is 14.3 Å². The van der Waals surface area contributed by atoms with Crippen molar-refractivity contribution in [2.45, 2.75) is 25.3 Å². The monoisotopic (exact) mass is 379 g/mol. The molecule has 0 spiro atoms. The van der Waals surface area contributed by atoms with E-state index in [9.17, 15) is 4.79 Å². The van der Waals surface area contributed by atoms with Crippen LogP contribution < -0.4 is 14.8 Å². The maximum Gasteiger partial charge on any atom is 0.258 e. The number of rotatable bonds is 5. The first-order chi connectivity index (χ1) is 13.7. The molecule has 3 aromatic rings. The van der Waals surface area contributed by atoms with Crippen LogP contribution in [0.2, 0.25) is 0 Å². The first-order valence-electron chi connectivity index (χ1n) is 9.05. The maximum absolute atomic E-state index is 12.3. The molecule has 28 heavy (non-hydrogen) atoms. The molecule has 0 saturated carbocycles. The van der Waals surface area contributed by atoms with Gasteiger partial charge < -0.3 is 9.47 Å². The number of carbonyl (C=O) groups is 1. The number of amides is 1. The summed E-state index contributed by atoms with van der Waals surface area (Å²) in [5.41, 5.74) is 1.69. The zero-order valence-corrected chi connectivity index (χ0v) is 15.8. The largest absolute Gasteiger partial charge is 0.493 e. The Morgan fingerprint density at radius 3 is 2.68 bits per heavy atom. The summed E-state index contributed by atoms with van der Waals surface area (Å²) >= 11 is 0. The van der Waals surface area contributed by atoms with Crippen LogP contribution in [0.5, 0.6) is 11.5 Å². The minimum Gasteiger partial charge on any atom is -0.493 e. The molecule has 0 bridgehead atoms. The molecule has 0 fully saturated rings. The highest BCUT2D eigenvalue weighted by Gasteiger charge is 2.24. The number of ether oxygens (including phenoxy) is 2. The summed E-state index contributed by atoms with van der Waals surface area (Å²) in [5.74, 6) is 2.67. The van der Waals surface area contributed by atoms with Crippen LogP contribution in [0.1, 0.15) is 34.1 Å². The van der Waals surface area contributed by atoms with E-state index in [1.54, 1.807) is 38.7 Å². The molecule has 8 heteroatoms. The summed E-state index contributed by atoms with van der Waals surface area (Å²) in [4.78, 5) is 20.7. The number of aromatic nitrogens is 4. The fraction of sp³-hybridized carbons (Fsp3) is 0.300. The molecule has 144 valence electrons. The van der Waals surface area contributed by atoms with Gasteiger partial charge in [0, 0.05) is 36.8 Å². The molecule has 0 aliphatic carbocycles. The lowest BCUT2D eigenvalue weighted by Gasteiger charge is -2.23. The molecule has 1 atom stereocenters. The summed E-state index contributed by atoms with van der Waals surface area (Å²) in [7, 11) is 3.26. The number of pyridine rings is 1. The van der Waals surface area contributed by atoms with Crippen LogP contribution in [0.15, 0.2) is 42.7 Å². The van der Waals surface area contributed by atoms with Gasteiger partial charge in [0.25, 0.3) is 5.91 Å². The molecular weight excluding hydrogens is 358 g/mol. The first kappa shape index (κ1) is 18.0. The van der Waals surface area contributed by atoms with E-state index in [0.717, 1.165) is 24.4 Å². The molecule has 0 saturated heterocycles. The number of aryl methyl sites for hydroxylation is 1. The van der Waals surface area contributed by atoms with Crippen LogP contribution in [-0.2, 0) is 13.0 Å². The summed E-state index contributed by atoms with van der Waals surface area (Å²) < 4.78 is 12.6. The summed E-state index contributed by atoms with van der Waals surface area (Å²) in [6, 6.07) is 9.29. The van der Waals surface area contributed by atoms with Gasteiger partial charge in [0.2, 0.25) is 5.95 Å². The number of carbonyl (C=O) groups excluding carboxylic acids is 1. The Balaban J connectivity index is 1.50. The second-order valence-corrected chi connectivity index (χ2v) is 6.57. The molecule has 3 heterocycles. The second kappa shape index (κ2) is 7.67. The van der Waals surface area contributed by atoms with E-state index in [-0.39, 0.29) is 11.8 Å². The summed E-state index contributed by atoms with van der Waals surface area (Å²) in [6.45, 7) is 0.697. The van der Waals surface area contributed by atoms with Crippen molar-refractivity contribution in [2.75, 3.05) is 19.5 Å². The third-order valence-corrected chi connectivity index (χ3v) is 4.90. The topological polar surface area (TPSA) is 91.2 Å². The van der Waals surface area contributed by atoms with Crippen LogP contribution in [0, 0.1) is 0 Å². The Labute approximate surface area is 162 Å². The Kier molecular flexibility index (Phi) is 4.92. The predicted octanol–water partition coefficient (Wildman–Crippen LogP) is 2.67. The van der Waals surface area contributed by atoms with Crippen molar-refractivity contribution >= 4 is 11.9 Å². The first-order valence-corrected chi connectivity index (χ1v) is 9.05. The SMILES string of the molecule is COc1ccc(C2CCc3nc(NC(=O)c4ccncc4)nn3C2)cc1OC. The fourth-order valence-electron chi connectivity index (χ4n) is 3.42. The quantitative estimate of drug-likeness (QED) is 0.733. The maximum atomic E-state index is 12.3. The highest BCUT2D eigenvalue weighted by Crippen LogP contribution is 2.34. The van der Waals surface area contributed by atoms with Crippen molar-refractivity contribution in [3.05, 3.63) is 59.7 Å². The van der Waals surface area contributed by atoms with Crippen LogP contribution in [0.3, 0.4) is 0 Å². The second-order valence-electron chi connectivity index (χ2n) is 6.57. The van der Waals surface area contributed by atoms with Gasteiger partial charge in [-0.15, -0.1) is 5.10 Å². The molecule has 1 aliphatic heterocycles. The van der Waals surface area contributed by atoms with Gasteiger partial charge in [-0.25, -0.2) is 4.68 Å². The predicted molar refractivity (Wildman–Crippen MR) is 103 cm³/mol. The molecule has 1 aromatic carbocycles. The van der Waals surface area contributed by atoms with Gasteiger partial charge >= 0.3 is 0 Å². The number of benzene rings is 1. The van der Waals surface area contributed by atoms with Gasteiger partial charge in [0.05, 0.1) is 14.2 Å². The lowest BCUT2D eigenvalue weighted by Crippen LogP contribution is -2.20. The van der Waals surface area contributed by atoms with Crippen molar-refractivity contribution in [1.29, 1.82) is 0 Å². The molecule has 2 aromatic heterocycles. The zero-order chi connectivity index (χ0) is 19.5. The Hall–Kier alpha value is -3.42. The number of hydrogen-bond donors (Lipinski definition) is 1.